The standard InChI is InChI=1S/C16H15BrO3S/c1-2-10-4-5-15(21-10)16(18)11-8-13-14(9-12(11)17)20-7-3-6-19-13/h4-5,8-9H,2-3,6-7H2,1H3. The molecule has 5 heteroatoms. The van der Waals surface area contributed by atoms with E-state index in [0.717, 1.165) is 22.2 Å². The van der Waals surface area contributed by atoms with Crippen LogP contribution in [-0.4, -0.2) is 19.0 Å². The molecule has 0 N–H and O–H groups in total. The normalized spacial score (nSPS) is 13.8. The van der Waals surface area contributed by atoms with Gasteiger partial charge in [-0.25, -0.2) is 0 Å². The summed E-state index contributed by atoms with van der Waals surface area (Å²) < 4.78 is 12.0. The third-order valence-electron chi connectivity index (χ3n) is 3.32. The van der Waals surface area contributed by atoms with Gasteiger partial charge in [-0.15, -0.1) is 11.3 Å². The zero-order chi connectivity index (χ0) is 14.8. The Kier molecular flexibility index (Phi) is 4.31. The number of aryl methyl sites for hydroxylation is 1. The van der Waals surface area contributed by atoms with Crippen LogP contribution in [0.4, 0.5) is 0 Å². The Morgan fingerprint density at radius 3 is 2.62 bits per heavy atom. The second-order valence-corrected chi connectivity index (χ2v) is 6.80. The zero-order valence-electron chi connectivity index (χ0n) is 11.6. The van der Waals surface area contributed by atoms with Gasteiger partial charge in [-0.2, -0.15) is 0 Å². The lowest BCUT2D eigenvalue weighted by atomic mass is 10.1. The van der Waals surface area contributed by atoms with E-state index in [0.29, 0.717) is 30.3 Å². The van der Waals surface area contributed by atoms with Gasteiger partial charge >= 0.3 is 0 Å². The van der Waals surface area contributed by atoms with Crippen LogP contribution in [0.5, 0.6) is 11.5 Å². The van der Waals surface area contributed by atoms with Crippen LogP contribution in [0.2, 0.25) is 0 Å². The lowest BCUT2D eigenvalue weighted by Crippen LogP contribution is -2.02. The van der Waals surface area contributed by atoms with Crippen LogP contribution in [0, 0.1) is 0 Å². The Bertz CT molecular complexity index is 678. The van der Waals surface area contributed by atoms with Gasteiger partial charge in [0.25, 0.3) is 0 Å². The van der Waals surface area contributed by atoms with Crippen molar-refractivity contribution in [3.63, 3.8) is 0 Å². The van der Waals surface area contributed by atoms with Gasteiger partial charge in [0, 0.05) is 21.3 Å². The van der Waals surface area contributed by atoms with Crippen molar-refractivity contribution in [1.82, 2.24) is 0 Å². The molecule has 0 atom stereocenters. The van der Waals surface area contributed by atoms with Gasteiger partial charge in [-0.05, 0) is 46.6 Å². The molecular weight excluding hydrogens is 352 g/mol. The van der Waals surface area contributed by atoms with E-state index in [-0.39, 0.29) is 5.78 Å². The summed E-state index contributed by atoms with van der Waals surface area (Å²) in [6, 6.07) is 7.50. The number of carbonyl (C=O) groups is 1. The molecule has 2 aromatic rings. The minimum Gasteiger partial charge on any atom is -0.490 e. The maximum absolute atomic E-state index is 12.7. The van der Waals surface area contributed by atoms with Gasteiger partial charge in [-0.3, -0.25) is 4.79 Å². The monoisotopic (exact) mass is 366 g/mol. The average Bonchev–Trinajstić information content (AvgIpc) is 2.86. The molecule has 1 aliphatic heterocycles. The van der Waals surface area contributed by atoms with Gasteiger partial charge in [0.2, 0.25) is 5.78 Å². The van der Waals surface area contributed by atoms with Crippen molar-refractivity contribution in [1.29, 1.82) is 0 Å². The van der Waals surface area contributed by atoms with E-state index >= 15 is 0 Å². The number of hydrogen-bond acceptors (Lipinski definition) is 4. The molecule has 0 unspecified atom stereocenters. The summed E-state index contributed by atoms with van der Waals surface area (Å²) in [4.78, 5) is 14.6. The summed E-state index contributed by atoms with van der Waals surface area (Å²) in [7, 11) is 0. The molecule has 2 heterocycles. The summed E-state index contributed by atoms with van der Waals surface area (Å²) in [5, 5.41) is 0. The number of fused-ring (bicyclic) bond motifs is 1. The fourth-order valence-corrected chi connectivity index (χ4v) is 3.58. The SMILES string of the molecule is CCc1ccc(C(=O)c2cc3c(cc2Br)OCCCO3)s1. The number of ether oxygens (including phenoxy) is 2. The van der Waals surface area contributed by atoms with E-state index in [1.165, 1.54) is 4.88 Å². The predicted octanol–water partition coefficient (Wildman–Crippen LogP) is 4.47. The Hall–Kier alpha value is -1.33. The Labute approximate surface area is 136 Å². The minimum absolute atomic E-state index is 0.0159. The highest BCUT2D eigenvalue weighted by Gasteiger charge is 2.20. The predicted molar refractivity (Wildman–Crippen MR) is 86.9 cm³/mol. The second-order valence-electron chi connectivity index (χ2n) is 4.78. The van der Waals surface area contributed by atoms with Crippen LogP contribution in [0.3, 0.4) is 0 Å². The van der Waals surface area contributed by atoms with Gasteiger partial charge < -0.3 is 9.47 Å². The van der Waals surface area contributed by atoms with E-state index in [4.69, 9.17) is 9.47 Å². The fraction of sp³-hybridized carbons (Fsp3) is 0.312. The molecule has 0 radical (unpaired) electrons. The third-order valence-corrected chi connectivity index (χ3v) is 5.20. The first-order valence-electron chi connectivity index (χ1n) is 6.91. The first-order valence-corrected chi connectivity index (χ1v) is 8.52. The summed E-state index contributed by atoms with van der Waals surface area (Å²) in [5.74, 6) is 1.35. The molecule has 3 nitrogen and oxygen atoms in total. The molecule has 0 amide bonds. The van der Waals surface area contributed by atoms with E-state index in [1.807, 2.05) is 18.2 Å². The highest BCUT2D eigenvalue weighted by atomic mass is 79.9. The Morgan fingerprint density at radius 1 is 1.24 bits per heavy atom. The summed E-state index contributed by atoms with van der Waals surface area (Å²) >= 11 is 5.01. The molecule has 0 aliphatic carbocycles. The third kappa shape index (κ3) is 2.99. The number of ketones is 1. The quantitative estimate of drug-likeness (QED) is 0.752. The van der Waals surface area contributed by atoms with Crippen molar-refractivity contribution in [2.75, 3.05) is 13.2 Å². The minimum atomic E-state index is 0.0159. The van der Waals surface area contributed by atoms with Crippen molar-refractivity contribution in [3.05, 3.63) is 44.1 Å². The number of halogens is 1. The summed E-state index contributed by atoms with van der Waals surface area (Å²) in [6.07, 6.45) is 1.79. The maximum atomic E-state index is 12.7. The van der Waals surface area contributed by atoms with Crippen LogP contribution >= 0.6 is 27.3 Å². The molecule has 0 saturated heterocycles. The highest BCUT2D eigenvalue weighted by Crippen LogP contribution is 2.36. The van der Waals surface area contributed by atoms with Crippen molar-refractivity contribution >= 4 is 33.0 Å². The van der Waals surface area contributed by atoms with Gasteiger partial charge in [0.1, 0.15) is 0 Å². The van der Waals surface area contributed by atoms with E-state index in [2.05, 4.69) is 22.9 Å². The van der Waals surface area contributed by atoms with Crippen molar-refractivity contribution in [2.45, 2.75) is 19.8 Å². The topological polar surface area (TPSA) is 35.5 Å². The molecule has 3 rings (SSSR count). The molecule has 0 fully saturated rings. The van der Waals surface area contributed by atoms with E-state index in [1.54, 1.807) is 17.4 Å². The lowest BCUT2D eigenvalue weighted by Gasteiger charge is -2.10. The number of thiophene rings is 1. The molecular formula is C16H15BrO3S. The number of hydrogen-bond donors (Lipinski definition) is 0. The summed E-state index contributed by atoms with van der Waals surface area (Å²) in [6.45, 7) is 3.34. The number of rotatable bonds is 3. The maximum Gasteiger partial charge on any atom is 0.204 e. The van der Waals surface area contributed by atoms with E-state index in [9.17, 15) is 4.79 Å². The van der Waals surface area contributed by atoms with Crippen LogP contribution in [0.25, 0.3) is 0 Å². The zero-order valence-corrected chi connectivity index (χ0v) is 14.1. The average molecular weight is 367 g/mol. The fourth-order valence-electron chi connectivity index (χ4n) is 2.18. The molecule has 110 valence electrons. The molecule has 0 bridgehead atoms. The number of benzene rings is 1. The molecule has 1 aromatic heterocycles. The van der Waals surface area contributed by atoms with Crippen LogP contribution < -0.4 is 9.47 Å². The van der Waals surface area contributed by atoms with Crippen molar-refractivity contribution in [3.8, 4) is 11.5 Å². The molecule has 0 spiro atoms. The van der Waals surface area contributed by atoms with Crippen molar-refractivity contribution < 1.29 is 14.3 Å². The largest absolute Gasteiger partial charge is 0.490 e. The van der Waals surface area contributed by atoms with Crippen molar-refractivity contribution in [2.24, 2.45) is 0 Å². The molecule has 21 heavy (non-hydrogen) atoms. The molecule has 1 aliphatic rings. The first-order chi connectivity index (χ1) is 10.2. The Balaban J connectivity index is 1.97. The highest BCUT2D eigenvalue weighted by molar-refractivity contribution is 9.10. The number of carbonyl (C=O) groups excluding carboxylic acids is 1. The van der Waals surface area contributed by atoms with E-state index < -0.39 is 0 Å². The first kappa shape index (κ1) is 14.6. The Morgan fingerprint density at radius 2 is 1.95 bits per heavy atom. The van der Waals surface area contributed by atoms with Crippen LogP contribution in [-0.2, 0) is 6.42 Å². The summed E-state index contributed by atoms with van der Waals surface area (Å²) in [5.41, 5.74) is 0.615. The van der Waals surface area contributed by atoms with Gasteiger partial charge in [0.15, 0.2) is 11.5 Å². The smallest absolute Gasteiger partial charge is 0.204 e. The molecule has 1 aromatic carbocycles. The van der Waals surface area contributed by atoms with Gasteiger partial charge in [-0.1, -0.05) is 6.92 Å². The lowest BCUT2D eigenvalue weighted by molar-refractivity contribution is 0.104. The second kappa shape index (κ2) is 6.20. The van der Waals surface area contributed by atoms with Crippen LogP contribution in [0.1, 0.15) is 33.5 Å². The molecule has 0 saturated carbocycles. The van der Waals surface area contributed by atoms with Crippen LogP contribution in [0.15, 0.2) is 28.7 Å². The van der Waals surface area contributed by atoms with Gasteiger partial charge in [0.05, 0.1) is 18.1 Å².